The molecule has 1 aliphatic carbocycles. The van der Waals surface area contributed by atoms with Crippen molar-refractivity contribution >= 4 is 26.7 Å². The normalized spacial score (nSPS) is 20.3. The van der Waals surface area contributed by atoms with Crippen molar-refractivity contribution in [1.29, 1.82) is 0 Å². The van der Waals surface area contributed by atoms with Crippen molar-refractivity contribution in [3.05, 3.63) is 42.7 Å². The van der Waals surface area contributed by atoms with Crippen LogP contribution in [-0.2, 0) is 9.84 Å². The first-order chi connectivity index (χ1) is 13.8. The molecular weight excluding hydrogens is 384 g/mol. The lowest BCUT2D eigenvalue weighted by atomic mass is 9.80. The van der Waals surface area contributed by atoms with E-state index in [1.54, 1.807) is 18.3 Å². The van der Waals surface area contributed by atoms with Gasteiger partial charge < -0.3 is 9.88 Å². The third-order valence-corrected chi connectivity index (χ3v) is 7.18. The fourth-order valence-corrected chi connectivity index (χ4v) is 5.23. The Morgan fingerprint density at radius 3 is 2.55 bits per heavy atom. The van der Waals surface area contributed by atoms with Crippen LogP contribution in [0.5, 0.6) is 0 Å². The topological polar surface area (TPSA) is 76.9 Å². The van der Waals surface area contributed by atoms with Crippen molar-refractivity contribution in [3.8, 4) is 5.82 Å². The van der Waals surface area contributed by atoms with E-state index in [1.165, 1.54) is 19.1 Å². The first-order valence-corrected chi connectivity index (χ1v) is 12.1. The average molecular weight is 413 g/mol. The lowest BCUT2D eigenvalue weighted by Gasteiger charge is -2.31. The maximum absolute atomic E-state index is 12.1. The molecule has 1 saturated carbocycles. The molecule has 0 saturated heterocycles. The van der Waals surface area contributed by atoms with E-state index < -0.39 is 9.84 Å². The molecule has 154 valence electrons. The third-order valence-electron chi connectivity index (χ3n) is 6.03. The summed E-state index contributed by atoms with van der Waals surface area (Å²) in [6, 6.07) is 9.39. The predicted molar refractivity (Wildman–Crippen MR) is 116 cm³/mol. The molecule has 0 atom stereocenters. The zero-order chi connectivity index (χ0) is 20.6. The molecule has 3 aromatic rings. The SMILES string of the molecule is CC(C)C1CCC(Nc2nccc(-n3ccc4c(S(C)(=O)=O)cccc43)n2)CC1. The van der Waals surface area contributed by atoms with Crippen LogP contribution in [0, 0.1) is 11.8 Å². The van der Waals surface area contributed by atoms with Gasteiger partial charge in [0.1, 0.15) is 5.82 Å². The smallest absolute Gasteiger partial charge is 0.224 e. The van der Waals surface area contributed by atoms with Gasteiger partial charge >= 0.3 is 0 Å². The lowest BCUT2D eigenvalue weighted by Crippen LogP contribution is -2.28. The van der Waals surface area contributed by atoms with E-state index in [0.29, 0.717) is 22.3 Å². The summed E-state index contributed by atoms with van der Waals surface area (Å²) in [5.74, 6) is 2.90. The van der Waals surface area contributed by atoms with Crippen molar-refractivity contribution < 1.29 is 8.42 Å². The number of nitrogens with zero attached hydrogens (tertiary/aromatic N) is 3. The largest absolute Gasteiger partial charge is 0.351 e. The van der Waals surface area contributed by atoms with Crippen molar-refractivity contribution in [1.82, 2.24) is 14.5 Å². The molecule has 0 spiro atoms. The molecule has 7 heteroatoms. The summed E-state index contributed by atoms with van der Waals surface area (Å²) in [5.41, 5.74) is 0.815. The quantitative estimate of drug-likeness (QED) is 0.670. The van der Waals surface area contributed by atoms with Crippen molar-refractivity contribution in [2.24, 2.45) is 11.8 Å². The summed E-state index contributed by atoms with van der Waals surface area (Å²) >= 11 is 0. The Balaban J connectivity index is 1.58. The maximum Gasteiger partial charge on any atom is 0.224 e. The Hall–Kier alpha value is -2.41. The van der Waals surface area contributed by atoms with Crippen LogP contribution in [0.2, 0.25) is 0 Å². The zero-order valence-corrected chi connectivity index (χ0v) is 18.0. The second-order valence-electron chi connectivity index (χ2n) is 8.39. The molecule has 1 aliphatic rings. The standard InChI is InChI=1S/C22H28N4O2S/c1-15(2)16-7-9-17(10-8-16)24-22-23-13-11-21(25-22)26-14-12-18-19(26)5-4-6-20(18)29(3,27)28/h4-6,11-17H,7-10H2,1-3H3,(H,23,24,25). The Morgan fingerprint density at radius 2 is 1.86 bits per heavy atom. The van der Waals surface area contributed by atoms with Crippen LogP contribution >= 0.6 is 0 Å². The van der Waals surface area contributed by atoms with Crippen LogP contribution in [0.4, 0.5) is 5.95 Å². The number of hydrogen-bond acceptors (Lipinski definition) is 5. The second-order valence-corrected chi connectivity index (χ2v) is 10.4. The fraction of sp³-hybridized carbons (Fsp3) is 0.455. The first kappa shape index (κ1) is 19.9. The van der Waals surface area contributed by atoms with E-state index in [2.05, 4.69) is 24.1 Å². The summed E-state index contributed by atoms with van der Waals surface area (Å²) in [6.45, 7) is 4.61. The number of anilines is 1. The van der Waals surface area contributed by atoms with Crippen LogP contribution in [-0.4, -0.2) is 35.3 Å². The van der Waals surface area contributed by atoms with Crippen LogP contribution < -0.4 is 5.32 Å². The highest BCUT2D eigenvalue weighted by Crippen LogP contribution is 2.31. The number of nitrogens with one attached hydrogen (secondary N) is 1. The summed E-state index contributed by atoms with van der Waals surface area (Å²) in [7, 11) is -3.29. The van der Waals surface area contributed by atoms with Crippen LogP contribution in [0.25, 0.3) is 16.7 Å². The highest BCUT2D eigenvalue weighted by molar-refractivity contribution is 7.91. The number of aromatic nitrogens is 3. The van der Waals surface area contributed by atoms with Crippen LogP contribution in [0.1, 0.15) is 39.5 Å². The van der Waals surface area contributed by atoms with Gasteiger partial charge in [-0.2, -0.15) is 4.98 Å². The molecule has 0 bridgehead atoms. The highest BCUT2D eigenvalue weighted by Gasteiger charge is 2.23. The molecule has 29 heavy (non-hydrogen) atoms. The van der Waals surface area contributed by atoms with Gasteiger partial charge in [0.25, 0.3) is 0 Å². The summed E-state index contributed by atoms with van der Waals surface area (Å²) in [5, 5.41) is 4.20. The Morgan fingerprint density at radius 1 is 1.10 bits per heavy atom. The highest BCUT2D eigenvalue weighted by atomic mass is 32.2. The van der Waals surface area contributed by atoms with E-state index in [-0.39, 0.29) is 0 Å². The van der Waals surface area contributed by atoms with E-state index in [1.807, 2.05) is 29.0 Å². The zero-order valence-electron chi connectivity index (χ0n) is 17.2. The van der Waals surface area contributed by atoms with Gasteiger partial charge in [-0.15, -0.1) is 0 Å². The van der Waals surface area contributed by atoms with Crippen molar-refractivity contribution in [3.63, 3.8) is 0 Å². The number of fused-ring (bicyclic) bond motifs is 1. The minimum absolute atomic E-state index is 0.336. The second kappa shape index (κ2) is 7.78. The molecule has 1 N–H and O–H groups in total. The summed E-state index contributed by atoms with van der Waals surface area (Å²) in [6.07, 6.45) is 9.61. The first-order valence-electron chi connectivity index (χ1n) is 10.2. The molecule has 6 nitrogen and oxygen atoms in total. The number of rotatable bonds is 5. The minimum atomic E-state index is -3.29. The molecule has 0 amide bonds. The predicted octanol–water partition coefficient (Wildman–Crippen LogP) is 4.45. The third kappa shape index (κ3) is 4.15. The van der Waals surface area contributed by atoms with Gasteiger partial charge in [-0.25, -0.2) is 13.4 Å². The van der Waals surface area contributed by atoms with Gasteiger partial charge in [-0.1, -0.05) is 19.9 Å². The number of benzene rings is 1. The van der Waals surface area contributed by atoms with Gasteiger partial charge in [0.15, 0.2) is 9.84 Å². The Bertz CT molecular complexity index is 1110. The van der Waals surface area contributed by atoms with Crippen molar-refractivity contribution in [2.75, 3.05) is 11.6 Å². The van der Waals surface area contributed by atoms with E-state index in [0.717, 1.165) is 36.0 Å². The van der Waals surface area contributed by atoms with Crippen LogP contribution in [0.3, 0.4) is 0 Å². The van der Waals surface area contributed by atoms with E-state index >= 15 is 0 Å². The molecule has 1 fully saturated rings. The van der Waals surface area contributed by atoms with Gasteiger partial charge in [0.05, 0.1) is 10.4 Å². The van der Waals surface area contributed by atoms with Gasteiger partial charge in [-0.05, 0) is 61.8 Å². The van der Waals surface area contributed by atoms with Gasteiger partial charge in [-0.3, -0.25) is 0 Å². The van der Waals surface area contributed by atoms with Crippen molar-refractivity contribution in [2.45, 2.75) is 50.5 Å². The van der Waals surface area contributed by atoms with Gasteiger partial charge in [0, 0.05) is 30.1 Å². The molecule has 2 aromatic heterocycles. The van der Waals surface area contributed by atoms with Gasteiger partial charge in [0.2, 0.25) is 5.95 Å². The lowest BCUT2D eigenvalue weighted by molar-refractivity contribution is 0.266. The molecule has 1 aromatic carbocycles. The molecular formula is C22H28N4O2S. The van der Waals surface area contributed by atoms with E-state index in [4.69, 9.17) is 4.98 Å². The Kier molecular flexibility index (Phi) is 5.34. The minimum Gasteiger partial charge on any atom is -0.351 e. The van der Waals surface area contributed by atoms with Crippen LogP contribution in [0.15, 0.2) is 47.6 Å². The fourth-order valence-electron chi connectivity index (χ4n) is 4.33. The number of sulfone groups is 1. The molecule has 4 rings (SSSR count). The van der Waals surface area contributed by atoms with E-state index in [9.17, 15) is 8.42 Å². The summed E-state index contributed by atoms with van der Waals surface area (Å²) in [4.78, 5) is 9.44. The average Bonchev–Trinajstić information content (AvgIpc) is 3.12. The monoisotopic (exact) mass is 412 g/mol. The Labute approximate surface area is 172 Å². The molecule has 0 unspecified atom stereocenters. The molecule has 0 aliphatic heterocycles. The summed E-state index contributed by atoms with van der Waals surface area (Å²) < 4.78 is 26.1. The maximum atomic E-state index is 12.1. The number of hydrogen-bond donors (Lipinski definition) is 1. The molecule has 0 radical (unpaired) electrons. The molecule has 2 heterocycles.